The zero-order valence-electron chi connectivity index (χ0n) is 16.4. The molecule has 6 nitrogen and oxygen atoms in total. The molecule has 0 bridgehead atoms. The number of hydrogen-bond donors (Lipinski definition) is 0. The standard InChI is InChI=1S/C21H24N2.ClHO4/c1-5-22-17-13-10-16(11-14-17)12-15-20-21(2,3)18-8-6-7-9-19(18)23(20)4;2-1(3,4)5/h6-15H,5H2,1-4H3;(H,2,3,4,5)/p-1. The van der Waals surface area contributed by atoms with Gasteiger partial charge in [0.25, 0.3) is 0 Å². The summed E-state index contributed by atoms with van der Waals surface area (Å²) in [4.78, 5) is 6.71. The van der Waals surface area contributed by atoms with E-state index in [2.05, 4.69) is 98.4 Å². The number of nitrogens with zero attached hydrogens (tertiary/aromatic N) is 2. The fourth-order valence-electron chi connectivity index (χ4n) is 3.35. The number of anilines is 1. The van der Waals surface area contributed by atoms with E-state index in [9.17, 15) is 0 Å². The fraction of sp³-hybridized carbons (Fsp3) is 0.286. The van der Waals surface area contributed by atoms with Crippen LogP contribution in [0.3, 0.4) is 0 Å². The first-order valence-corrected chi connectivity index (χ1v) is 10.1. The molecule has 3 rings (SSSR count). The summed E-state index contributed by atoms with van der Waals surface area (Å²) in [5, 5.41) is 0. The van der Waals surface area contributed by atoms with E-state index in [1.54, 1.807) is 0 Å². The van der Waals surface area contributed by atoms with Gasteiger partial charge in [-0.2, -0.15) is 0 Å². The van der Waals surface area contributed by atoms with Crippen molar-refractivity contribution in [3.63, 3.8) is 0 Å². The Kier molecular flexibility index (Phi) is 6.98. The van der Waals surface area contributed by atoms with Crippen molar-refractivity contribution in [3.05, 3.63) is 77.6 Å². The van der Waals surface area contributed by atoms with Gasteiger partial charge in [-0.25, -0.2) is 18.6 Å². The Morgan fingerprint density at radius 1 is 1.00 bits per heavy atom. The number of halogens is 1. The van der Waals surface area contributed by atoms with Crippen molar-refractivity contribution in [1.82, 2.24) is 0 Å². The number of para-hydroxylation sites is 1. The minimum atomic E-state index is -4.94. The molecule has 28 heavy (non-hydrogen) atoms. The van der Waals surface area contributed by atoms with Gasteiger partial charge in [0.15, 0.2) is 0 Å². The minimum Gasteiger partial charge on any atom is -0.347 e. The number of benzene rings is 1. The summed E-state index contributed by atoms with van der Waals surface area (Å²) >= 11 is 0. The lowest BCUT2D eigenvalue weighted by atomic mass is 9.83. The van der Waals surface area contributed by atoms with Crippen LogP contribution in [0, 0.1) is 10.2 Å². The highest BCUT2D eigenvalue weighted by molar-refractivity contribution is 6.05. The summed E-state index contributed by atoms with van der Waals surface area (Å²) < 4.78 is 34.0. The number of rotatable bonds is 2. The summed E-state index contributed by atoms with van der Waals surface area (Å²) in [6.45, 7) is 7.46. The molecule has 0 atom stereocenters. The number of aliphatic imine (C=N–C) groups is 1. The van der Waals surface area contributed by atoms with Gasteiger partial charge in [-0.05, 0) is 42.4 Å². The lowest BCUT2D eigenvalue weighted by Crippen LogP contribution is -2.68. The molecule has 1 aliphatic heterocycles. The summed E-state index contributed by atoms with van der Waals surface area (Å²) in [5.41, 5.74) is 6.28. The Balaban J connectivity index is 0.000000500. The van der Waals surface area contributed by atoms with Crippen molar-refractivity contribution >= 4 is 11.4 Å². The SMILES string of the molecule is CCN=C1C=CC(=CC=C2N(C)c3ccccc3C2(C)C)C=C1.[O-][Cl+3]([O-])([O-])[O-]. The van der Waals surface area contributed by atoms with Crippen LogP contribution in [0.2, 0.25) is 0 Å². The average Bonchev–Trinajstić information content (AvgIpc) is 2.80. The molecule has 1 aliphatic carbocycles. The van der Waals surface area contributed by atoms with Crippen molar-refractivity contribution in [3.8, 4) is 0 Å². The quantitative estimate of drug-likeness (QED) is 0.693. The molecule has 0 saturated heterocycles. The van der Waals surface area contributed by atoms with E-state index in [1.165, 1.54) is 22.5 Å². The second-order valence-corrected chi connectivity index (χ2v) is 7.62. The van der Waals surface area contributed by atoms with Gasteiger partial charge in [-0.15, -0.1) is 10.2 Å². The second-order valence-electron chi connectivity index (χ2n) is 6.86. The molecule has 7 heteroatoms. The van der Waals surface area contributed by atoms with Gasteiger partial charge >= 0.3 is 0 Å². The summed E-state index contributed by atoms with van der Waals surface area (Å²) in [6.07, 6.45) is 12.8. The molecule has 0 amide bonds. The topological polar surface area (TPSA) is 108 Å². The smallest absolute Gasteiger partial charge is 0.0574 e. The number of likely N-dealkylation sites (N-methyl/N-ethyl adjacent to an activating group) is 1. The molecule has 0 radical (unpaired) electrons. The normalized spacial score (nSPS) is 18.7. The Bertz CT molecular complexity index is 837. The third kappa shape index (κ3) is 5.64. The van der Waals surface area contributed by atoms with Gasteiger partial charge in [-0.1, -0.05) is 50.3 Å². The third-order valence-electron chi connectivity index (χ3n) is 4.61. The maximum Gasteiger partial charge on any atom is 0.0574 e. The van der Waals surface area contributed by atoms with Crippen LogP contribution >= 0.6 is 0 Å². The zero-order chi connectivity index (χ0) is 20.9. The van der Waals surface area contributed by atoms with E-state index in [-0.39, 0.29) is 5.41 Å². The number of fused-ring (bicyclic) bond motifs is 1. The minimum absolute atomic E-state index is 0.0271. The van der Waals surface area contributed by atoms with Crippen LogP contribution in [0.25, 0.3) is 0 Å². The van der Waals surface area contributed by atoms with Crippen molar-refractivity contribution < 1.29 is 28.9 Å². The van der Waals surface area contributed by atoms with Gasteiger partial charge in [-0.3, -0.25) is 4.99 Å². The summed E-state index contributed by atoms with van der Waals surface area (Å²) in [6, 6.07) is 8.65. The Morgan fingerprint density at radius 2 is 1.57 bits per heavy atom. The molecule has 0 saturated carbocycles. The monoisotopic (exact) mass is 403 g/mol. The van der Waals surface area contributed by atoms with Crippen LogP contribution in [0.1, 0.15) is 26.3 Å². The first kappa shape index (κ1) is 22.1. The number of hydrogen-bond acceptors (Lipinski definition) is 6. The largest absolute Gasteiger partial charge is 0.347 e. The van der Waals surface area contributed by atoms with Crippen molar-refractivity contribution in [2.24, 2.45) is 4.99 Å². The Labute approximate surface area is 167 Å². The van der Waals surface area contributed by atoms with Crippen molar-refractivity contribution in [1.29, 1.82) is 0 Å². The van der Waals surface area contributed by atoms with Gasteiger partial charge in [0.2, 0.25) is 0 Å². The second kappa shape index (κ2) is 8.86. The van der Waals surface area contributed by atoms with E-state index < -0.39 is 10.2 Å². The van der Waals surface area contributed by atoms with E-state index in [4.69, 9.17) is 18.6 Å². The molecular formula is C21H24ClN2O4-. The summed E-state index contributed by atoms with van der Waals surface area (Å²) in [5.74, 6) is 0. The first-order chi connectivity index (χ1) is 13.0. The van der Waals surface area contributed by atoms with Crippen molar-refractivity contribution in [2.75, 3.05) is 18.5 Å². The molecule has 2 aliphatic rings. The molecule has 0 fully saturated rings. The van der Waals surface area contributed by atoms with E-state index in [0.717, 1.165) is 12.3 Å². The number of allylic oxidation sites excluding steroid dienone is 8. The van der Waals surface area contributed by atoms with Crippen LogP contribution in [-0.2, 0) is 5.41 Å². The molecular weight excluding hydrogens is 380 g/mol. The van der Waals surface area contributed by atoms with Gasteiger partial charge in [0.05, 0.1) is 5.71 Å². The van der Waals surface area contributed by atoms with Crippen LogP contribution in [0.4, 0.5) is 5.69 Å². The Morgan fingerprint density at radius 3 is 2.11 bits per heavy atom. The van der Waals surface area contributed by atoms with Gasteiger partial charge in [0.1, 0.15) is 0 Å². The highest BCUT2D eigenvalue weighted by Gasteiger charge is 2.37. The molecule has 0 unspecified atom stereocenters. The zero-order valence-corrected chi connectivity index (χ0v) is 17.1. The maximum atomic E-state index is 8.49. The highest BCUT2D eigenvalue weighted by Crippen LogP contribution is 2.46. The predicted molar refractivity (Wildman–Crippen MR) is 100 cm³/mol. The Hall–Kier alpha value is -2.22. The predicted octanol–water partition coefficient (Wildman–Crippen LogP) is 0.0552. The van der Waals surface area contributed by atoms with Crippen LogP contribution in [0.5, 0.6) is 0 Å². The van der Waals surface area contributed by atoms with Gasteiger partial charge in [0, 0.05) is 30.4 Å². The van der Waals surface area contributed by atoms with E-state index in [0.29, 0.717) is 0 Å². The highest BCUT2D eigenvalue weighted by atomic mass is 35.7. The molecule has 1 aromatic rings. The van der Waals surface area contributed by atoms with Crippen LogP contribution < -0.4 is 23.5 Å². The molecule has 0 spiro atoms. The molecule has 150 valence electrons. The van der Waals surface area contributed by atoms with Crippen LogP contribution in [-0.4, -0.2) is 19.3 Å². The molecule has 0 aromatic heterocycles. The average molecular weight is 404 g/mol. The lowest BCUT2D eigenvalue weighted by molar-refractivity contribution is -2.00. The first-order valence-electron chi connectivity index (χ1n) is 8.82. The lowest BCUT2D eigenvalue weighted by Gasteiger charge is -2.23. The van der Waals surface area contributed by atoms with Crippen LogP contribution in [0.15, 0.2) is 77.0 Å². The van der Waals surface area contributed by atoms with E-state index in [1.807, 2.05) is 0 Å². The summed E-state index contributed by atoms with van der Waals surface area (Å²) in [7, 11) is -2.80. The third-order valence-corrected chi connectivity index (χ3v) is 4.61. The molecule has 1 heterocycles. The maximum absolute atomic E-state index is 8.49. The van der Waals surface area contributed by atoms with Crippen molar-refractivity contribution in [2.45, 2.75) is 26.2 Å². The fourth-order valence-corrected chi connectivity index (χ4v) is 3.35. The van der Waals surface area contributed by atoms with Gasteiger partial charge < -0.3 is 4.90 Å². The molecule has 0 N–H and O–H groups in total. The molecule has 1 aromatic carbocycles. The van der Waals surface area contributed by atoms with E-state index >= 15 is 0 Å².